The Balaban J connectivity index is 1.76. The standard InChI is InChI=1S/C17H27NO/c1-4-17(3)13-16(9-11-19-17)18-10-8-15-7-5-6-14(2)12-15/h5-7,12,16,18H,4,8-11,13H2,1-3H3. The van der Waals surface area contributed by atoms with E-state index in [4.69, 9.17) is 4.74 Å². The molecule has 1 aromatic carbocycles. The van der Waals surface area contributed by atoms with Gasteiger partial charge in [-0.25, -0.2) is 0 Å². The van der Waals surface area contributed by atoms with Crippen molar-refractivity contribution < 1.29 is 4.74 Å². The van der Waals surface area contributed by atoms with Crippen LogP contribution in [0.4, 0.5) is 0 Å². The van der Waals surface area contributed by atoms with Crippen molar-refractivity contribution in [3.63, 3.8) is 0 Å². The van der Waals surface area contributed by atoms with Crippen LogP contribution in [0.15, 0.2) is 24.3 Å². The lowest BCUT2D eigenvalue weighted by Crippen LogP contribution is -2.45. The van der Waals surface area contributed by atoms with Crippen molar-refractivity contribution in [3.05, 3.63) is 35.4 Å². The molecule has 2 heteroatoms. The smallest absolute Gasteiger partial charge is 0.0666 e. The van der Waals surface area contributed by atoms with Crippen molar-refractivity contribution in [2.45, 2.75) is 58.1 Å². The van der Waals surface area contributed by atoms with E-state index in [0.29, 0.717) is 6.04 Å². The SMILES string of the molecule is CCC1(C)CC(NCCc2cccc(C)c2)CCO1. The van der Waals surface area contributed by atoms with Crippen LogP contribution in [0.2, 0.25) is 0 Å². The maximum absolute atomic E-state index is 5.89. The summed E-state index contributed by atoms with van der Waals surface area (Å²) in [4.78, 5) is 0. The van der Waals surface area contributed by atoms with Gasteiger partial charge in [0.1, 0.15) is 0 Å². The first-order valence-corrected chi connectivity index (χ1v) is 7.54. The highest BCUT2D eigenvalue weighted by Gasteiger charge is 2.31. The summed E-state index contributed by atoms with van der Waals surface area (Å²) in [5, 5.41) is 3.70. The minimum Gasteiger partial charge on any atom is -0.375 e. The topological polar surface area (TPSA) is 21.3 Å². The second kappa shape index (κ2) is 6.53. The fourth-order valence-electron chi connectivity index (χ4n) is 2.84. The Morgan fingerprint density at radius 3 is 3.00 bits per heavy atom. The van der Waals surface area contributed by atoms with E-state index >= 15 is 0 Å². The predicted octanol–water partition coefficient (Wildman–Crippen LogP) is 3.47. The van der Waals surface area contributed by atoms with Crippen LogP contribution >= 0.6 is 0 Å². The molecule has 0 radical (unpaired) electrons. The molecule has 0 bridgehead atoms. The van der Waals surface area contributed by atoms with E-state index in [-0.39, 0.29) is 5.60 Å². The lowest BCUT2D eigenvalue weighted by atomic mass is 9.90. The Morgan fingerprint density at radius 1 is 1.42 bits per heavy atom. The lowest BCUT2D eigenvalue weighted by Gasteiger charge is -2.38. The highest BCUT2D eigenvalue weighted by atomic mass is 16.5. The van der Waals surface area contributed by atoms with Crippen LogP contribution < -0.4 is 5.32 Å². The molecule has 1 aliphatic rings. The van der Waals surface area contributed by atoms with Crippen molar-refractivity contribution in [3.8, 4) is 0 Å². The zero-order valence-electron chi connectivity index (χ0n) is 12.5. The number of ether oxygens (including phenoxy) is 1. The number of hydrogen-bond donors (Lipinski definition) is 1. The second-order valence-electron chi connectivity index (χ2n) is 6.03. The first-order valence-electron chi connectivity index (χ1n) is 7.54. The van der Waals surface area contributed by atoms with Crippen molar-refractivity contribution in [2.75, 3.05) is 13.2 Å². The van der Waals surface area contributed by atoms with Gasteiger partial charge in [0, 0.05) is 12.6 Å². The van der Waals surface area contributed by atoms with Gasteiger partial charge in [-0.15, -0.1) is 0 Å². The van der Waals surface area contributed by atoms with E-state index in [1.54, 1.807) is 0 Å². The molecule has 0 aliphatic carbocycles. The zero-order chi connectivity index (χ0) is 13.7. The van der Waals surface area contributed by atoms with Crippen LogP contribution in [0.3, 0.4) is 0 Å². The summed E-state index contributed by atoms with van der Waals surface area (Å²) in [7, 11) is 0. The molecule has 19 heavy (non-hydrogen) atoms. The Labute approximate surface area is 117 Å². The molecular formula is C17H27NO. The summed E-state index contributed by atoms with van der Waals surface area (Å²) < 4.78 is 5.89. The van der Waals surface area contributed by atoms with Crippen LogP contribution in [-0.4, -0.2) is 24.8 Å². The molecule has 1 heterocycles. The summed E-state index contributed by atoms with van der Waals surface area (Å²) in [6.45, 7) is 8.57. The Hall–Kier alpha value is -0.860. The molecule has 2 rings (SSSR count). The average Bonchev–Trinajstić information content (AvgIpc) is 2.39. The summed E-state index contributed by atoms with van der Waals surface area (Å²) in [6, 6.07) is 9.41. The molecule has 0 amide bonds. The van der Waals surface area contributed by atoms with E-state index in [0.717, 1.165) is 38.8 Å². The first-order chi connectivity index (χ1) is 9.11. The average molecular weight is 261 g/mol. The van der Waals surface area contributed by atoms with Gasteiger partial charge in [-0.2, -0.15) is 0 Å². The van der Waals surface area contributed by atoms with Crippen LogP contribution in [-0.2, 0) is 11.2 Å². The summed E-state index contributed by atoms with van der Waals surface area (Å²) in [5.74, 6) is 0. The number of benzene rings is 1. The highest BCUT2D eigenvalue weighted by molar-refractivity contribution is 5.22. The Morgan fingerprint density at radius 2 is 2.26 bits per heavy atom. The molecule has 2 unspecified atom stereocenters. The van der Waals surface area contributed by atoms with Crippen molar-refractivity contribution in [1.82, 2.24) is 5.32 Å². The third kappa shape index (κ3) is 4.32. The van der Waals surface area contributed by atoms with Crippen LogP contribution in [0, 0.1) is 6.92 Å². The van der Waals surface area contributed by atoms with Gasteiger partial charge in [0.25, 0.3) is 0 Å². The number of rotatable bonds is 5. The highest BCUT2D eigenvalue weighted by Crippen LogP contribution is 2.27. The first kappa shape index (κ1) is 14.5. The second-order valence-corrected chi connectivity index (χ2v) is 6.03. The fraction of sp³-hybridized carbons (Fsp3) is 0.647. The Kier molecular flexibility index (Phi) is 5.00. The lowest BCUT2D eigenvalue weighted by molar-refractivity contribution is -0.0778. The molecule has 1 N–H and O–H groups in total. The largest absolute Gasteiger partial charge is 0.375 e. The molecular weight excluding hydrogens is 234 g/mol. The van der Waals surface area contributed by atoms with Crippen molar-refractivity contribution in [2.24, 2.45) is 0 Å². The third-order valence-corrected chi connectivity index (χ3v) is 4.27. The van der Waals surface area contributed by atoms with Gasteiger partial charge < -0.3 is 10.1 Å². The van der Waals surface area contributed by atoms with Crippen LogP contribution in [0.25, 0.3) is 0 Å². The normalized spacial score (nSPS) is 27.4. The molecule has 2 nitrogen and oxygen atoms in total. The van der Waals surface area contributed by atoms with Gasteiger partial charge in [-0.1, -0.05) is 36.8 Å². The minimum atomic E-state index is 0.0826. The summed E-state index contributed by atoms with van der Waals surface area (Å²) in [5.41, 5.74) is 2.86. The maximum Gasteiger partial charge on any atom is 0.0666 e. The monoisotopic (exact) mass is 261 g/mol. The molecule has 0 saturated carbocycles. The third-order valence-electron chi connectivity index (χ3n) is 4.27. The van der Waals surface area contributed by atoms with Gasteiger partial charge in [0.05, 0.1) is 5.60 Å². The molecule has 106 valence electrons. The number of nitrogens with one attached hydrogen (secondary N) is 1. The van der Waals surface area contributed by atoms with Gasteiger partial charge in [-0.3, -0.25) is 0 Å². The Bertz CT molecular complexity index is 404. The van der Waals surface area contributed by atoms with Crippen LogP contribution in [0.5, 0.6) is 0 Å². The van der Waals surface area contributed by atoms with Crippen molar-refractivity contribution >= 4 is 0 Å². The quantitative estimate of drug-likeness (QED) is 0.876. The van der Waals surface area contributed by atoms with Crippen molar-refractivity contribution in [1.29, 1.82) is 0 Å². The summed E-state index contributed by atoms with van der Waals surface area (Å²) in [6.07, 6.45) is 4.49. The molecule has 0 spiro atoms. The molecule has 0 aromatic heterocycles. The van der Waals surface area contributed by atoms with Gasteiger partial charge in [0.15, 0.2) is 0 Å². The fourth-order valence-corrected chi connectivity index (χ4v) is 2.84. The molecule has 2 atom stereocenters. The van der Waals surface area contributed by atoms with E-state index in [1.807, 2.05) is 0 Å². The summed E-state index contributed by atoms with van der Waals surface area (Å²) >= 11 is 0. The van der Waals surface area contributed by atoms with Gasteiger partial charge >= 0.3 is 0 Å². The van der Waals surface area contributed by atoms with E-state index in [9.17, 15) is 0 Å². The van der Waals surface area contributed by atoms with E-state index in [1.165, 1.54) is 11.1 Å². The number of hydrogen-bond acceptors (Lipinski definition) is 2. The number of aryl methyl sites for hydroxylation is 1. The van der Waals surface area contributed by atoms with E-state index < -0.39 is 0 Å². The predicted molar refractivity (Wildman–Crippen MR) is 80.6 cm³/mol. The van der Waals surface area contributed by atoms with E-state index in [2.05, 4.69) is 50.4 Å². The van der Waals surface area contributed by atoms with Gasteiger partial charge in [0.2, 0.25) is 0 Å². The molecule has 1 saturated heterocycles. The van der Waals surface area contributed by atoms with Crippen LogP contribution in [0.1, 0.15) is 44.2 Å². The zero-order valence-corrected chi connectivity index (χ0v) is 12.5. The molecule has 1 aliphatic heterocycles. The van der Waals surface area contributed by atoms with Gasteiger partial charge in [-0.05, 0) is 51.6 Å². The molecule has 1 aromatic rings. The minimum absolute atomic E-state index is 0.0826. The maximum atomic E-state index is 5.89. The molecule has 1 fully saturated rings.